The molecule has 0 radical (unpaired) electrons. The minimum atomic E-state index is -6.13. The van der Waals surface area contributed by atoms with Gasteiger partial charge in [0.15, 0.2) is 12.7 Å². The van der Waals surface area contributed by atoms with Crippen LogP contribution in [0, 0.1) is 0 Å². The molecule has 0 spiro atoms. The van der Waals surface area contributed by atoms with Crippen molar-refractivity contribution in [2.45, 2.75) is 56.0 Å². The first-order chi connectivity index (χ1) is 33.6. The Balaban J connectivity index is 0.000000500. The van der Waals surface area contributed by atoms with Crippen molar-refractivity contribution in [1.29, 1.82) is 0 Å². The molecule has 29 heteroatoms. The second kappa shape index (κ2) is 20.3. The maximum Gasteiger partial charge on any atom is 0.416 e. The van der Waals surface area contributed by atoms with E-state index in [2.05, 4.69) is 4.98 Å². The van der Waals surface area contributed by atoms with E-state index in [0.29, 0.717) is 12.2 Å². The average Bonchev–Trinajstić information content (AvgIpc) is 3.27. The SMILES string of the molecule is FC(F)(F)c1cc([B-](c2cc(C(F)(F)F)cc(C(F)(F)F)c2)(c2cc(C(F)(F)F)cc(C(F)(F)F)c2)c2cc(C(F)(F)F)cc(C(F)(F)F)c2)cc(C(F)(F)F)c1.O=C(CCl)c1cncc[n+]1Cc1ccccc1. The standard InChI is InChI=1S/C32H12BF24.C13H12ClN2O/c34-25(35,36)13-1-14(26(37,38)39)6-21(5-13)33(22-7-15(27(40,41)42)2-16(8-22)28(43,44)45,23-9-17(29(46,47)48)3-18(10-23)30(49,50)51)24-11-19(31(52,53)54)4-20(12-24)32(55,56)57;14-8-13(17)12-9-15-6-7-16(12)10-11-4-2-1-3-5-11/h1-12H;1-7,9H,8,10H2/q-1;+1. The third kappa shape index (κ3) is 13.4. The maximum atomic E-state index is 14.2. The molecule has 5 aromatic carbocycles. The molecule has 1 aromatic heterocycles. The van der Waals surface area contributed by atoms with Gasteiger partial charge in [0.25, 0.3) is 5.69 Å². The molecule has 0 aliphatic rings. The minimum Gasteiger partial charge on any atom is -0.286 e. The molecule has 0 amide bonds. The van der Waals surface area contributed by atoms with E-state index in [1.807, 2.05) is 34.9 Å². The highest BCUT2D eigenvalue weighted by Crippen LogP contribution is 2.41. The van der Waals surface area contributed by atoms with Crippen LogP contribution in [0.3, 0.4) is 0 Å². The van der Waals surface area contributed by atoms with Gasteiger partial charge in [0.05, 0.1) is 56.6 Å². The van der Waals surface area contributed by atoms with Crippen molar-refractivity contribution in [2.75, 3.05) is 5.88 Å². The van der Waals surface area contributed by atoms with E-state index in [1.165, 1.54) is 0 Å². The van der Waals surface area contributed by atoms with Gasteiger partial charge in [-0.05, 0) is 24.3 Å². The first-order valence-electron chi connectivity index (χ1n) is 19.9. The lowest BCUT2D eigenvalue weighted by atomic mass is 9.12. The van der Waals surface area contributed by atoms with E-state index in [4.69, 9.17) is 11.6 Å². The highest BCUT2D eigenvalue weighted by Gasteiger charge is 2.47. The lowest BCUT2D eigenvalue weighted by Crippen LogP contribution is -2.75. The van der Waals surface area contributed by atoms with Gasteiger partial charge in [-0.25, -0.2) is 0 Å². The molecule has 0 atom stereocenters. The molecule has 0 aliphatic carbocycles. The van der Waals surface area contributed by atoms with E-state index in [-0.39, 0.29) is 11.7 Å². The molecule has 0 unspecified atom stereocenters. The lowest BCUT2D eigenvalue weighted by Gasteiger charge is -2.46. The highest BCUT2D eigenvalue weighted by molar-refractivity contribution is 7.20. The normalized spacial score (nSPS) is 13.4. The fraction of sp³-hybridized carbons (Fsp3) is 0.222. The number of nitrogens with zero attached hydrogens (tertiary/aromatic N) is 2. The van der Waals surface area contributed by atoms with Crippen LogP contribution < -0.4 is 26.4 Å². The van der Waals surface area contributed by atoms with Crippen molar-refractivity contribution in [1.82, 2.24) is 4.98 Å². The lowest BCUT2D eigenvalue weighted by molar-refractivity contribution is -0.690. The monoisotopic (exact) mass is 1110 g/mol. The third-order valence-corrected chi connectivity index (χ3v) is 11.1. The van der Waals surface area contributed by atoms with E-state index >= 15 is 0 Å². The van der Waals surface area contributed by atoms with Crippen molar-refractivity contribution in [3.63, 3.8) is 0 Å². The summed E-state index contributed by atoms with van der Waals surface area (Å²) in [6.07, 6.45) is -49.8. The van der Waals surface area contributed by atoms with Crippen LogP contribution in [-0.2, 0) is 56.0 Å². The van der Waals surface area contributed by atoms with Crippen LogP contribution >= 0.6 is 11.6 Å². The van der Waals surface area contributed by atoms with Gasteiger partial charge in [-0.15, -0.1) is 11.6 Å². The molecule has 6 rings (SSSR count). The molecule has 398 valence electrons. The van der Waals surface area contributed by atoms with Crippen LogP contribution in [0.15, 0.2) is 122 Å². The zero-order chi connectivity index (χ0) is 56.0. The summed E-state index contributed by atoms with van der Waals surface area (Å²) in [4.78, 5) is 15.6. The Morgan fingerprint density at radius 2 is 0.676 bits per heavy atom. The average molecular weight is 1110 g/mol. The van der Waals surface area contributed by atoms with Crippen molar-refractivity contribution < 1.29 is 115 Å². The highest BCUT2D eigenvalue weighted by atomic mass is 35.5. The predicted molar refractivity (Wildman–Crippen MR) is 215 cm³/mol. The summed E-state index contributed by atoms with van der Waals surface area (Å²) in [5, 5.41) is 0. The van der Waals surface area contributed by atoms with Crippen LogP contribution in [0.25, 0.3) is 0 Å². The largest absolute Gasteiger partial charge is 0.416 e. The molecule has 1 heterocycles. The molecule has 0 saturated carbocycles. The van der Waals surface area contributed by atoms with Gasteiger partial charge in [0.1, 0.15) is 12.3 Å². The van der Waals surface area contributed by atoms with Gasteiger partial charge in [0.2, 0.25) is 5.78 Å². The summed E-state index contributed by atoms with van der Waals surface area (Å²) in [5.74, 6) is -0.142. The van der Waals surface area contributed by atoms with Crippen LogP contribution in [0.5, 0.6) is 0 Å². The summed E-state index contributed by atoms with van der Waals surface area (Å²) in [6.45, 7) is 0.640. The second-order valence-electron chi connectivity index (χ2n) is 15.9. The number of alkyl halides is 25. The number of halogens is 25. The Morgan fingerprint density at radius 1 is 0.419 bits per heavy atom. The van der Waals surface area contributed by atoms with Crippen molar-refractivity contribution in [3.05, 3.63) is 177 Å². The van der Waals surface area contributed by atoms with Gasteiger partial charge in [-0.3, -0.25) is 9.78 Å². The summed E-state index contributed by atoms with van der Waals surface area (Å²) in [7, 11) is 0. The fourth-order valence-electron chi connectivity index (χ4n) is 7.68. The third-order valence-electron chi connectivity index (χ3n) is 10.9. The molecular weight excluding hydrogens is 1090 g/mol. The Bertz CT molecular complexity index is 2550. The number of hydrogen-bond acceptors (Lipinski definition) is 2. The molecule has 6 aromatic rings. The topological polar surface area (TPSA) is 33.8 Å². The molecule has 0 N–H and O–H groups in total. The summed E-state index contributed by atoms with van der Waals surface area (Å²) >= 11 is 5.57. The Hall–Kier alpha value is -6.48. The summed E-state index contributed by atoms with van der Waals surface area (Å²) < 4.78 is 343. The fourth-order valence-corrected chi connectivity index (χ4v) is 7.81. The smallest absolute Gasteiger partial charge is 0.286 e. The first kappa shape index (κ1) is 58.4. The number of rotatable bonds is 8. The van der Waals surface area contributed by atoms with Gasteiger partial charge < -0.3 is 0 Å². The Labute approximate surface area is 403 Å². The second-order valence-corrected chi connectivity index (χ2v) is 16.1. The van der Waals surface area contributed by atoms with Gasteiger partial charge in [0, 0.05) is 5.56 Å². The number of hydrogen-bond donors (Lipinski definition) is 0. The number of Topliss-reactive ketones (excluding diaryl/α,β-unsaturated/α-hetero) is 1. The van der Waals surface area contributed by atoms with Crippen LogP contribution in [0.2, 0.25) is 0 Å². The molecule has 0 saturated heterocycles. The van der Waals surface area contributed by atoms with Gasteiger partial charge in [-0.2, -0.15) is 132 Å². The van der Waals surface area contributed by atoms with Crippen LogP contribution in [-0.4, -0.2) is 22.8 Å². The van der Waals surface area contributed by atoms with E-state index in [1.54, 1.807) is 18.6 Å². The van der Waals surface area contributed by atoms with Crippen molar-refractivity contribution >= 4 is 45.4 Å². The molecule has 3 nitrogen and oxygen atoms in total. The number of aromatic nitrogens is 2. The zero-order valence-corrected chi connectivity index (χ0v) is 36.5. The minimum absolute atomic E-state index is 0.0273. The molecule has 0 aliphatic heterocycles. The van der Waals surface area contributed by atoms with Gasteiger partial charge >= 0.3 is 49.4 Å². The van der Waals surface area contributed by atoms with E-state index in [9.17, 15) is 110 Å². The molecule has 0 fully saturated rings. The number of carbonyl (C=O) groups excluding carboxylic acids is 1. The Kier molecular flexibility index (Phi) is 16.0. The maximum absolute atomic E-state index is 14.2. The Morgan fingerprint density at radius 3 is 0.905 bits per heavy atom. The number of ketones is 1. The van der Waals surface area contributed by atoms with E-state index in [0.717, 1.165) is 5.56 Å². The summed E-state index contributed by atoms with van der Waals surface area (Å²) in [6, 6.07) is 1.13. The van der Waals surface area contributed by atoms with Crippen molar-refractivity contribution in [2.24, 2.45) is 0 Å². The number of carbonyl (C=O) groups is 1. The zero-order valence-electron chi connectivity index (χ0n) is 35.8. The van der Waals surface area contributed by atoms with Crippen molar-refractivity contribution in [3.8, 4) is 0 Å². The van der Waals surface area contributed by atoms with Crippen LogP contribution in [0.4, 0.5) is 105 Å². The van der Waals surface area contributed by atoms with E-state index < -0.39 is 195 Å². The molecule has 0 bridgehead atoms. The quantitative estimate of drug-likeness (QED) is 0.0500. The molecule has 74 heavy (non-hydrogen) atoms. The van der Waals surface area contributed by atoms with Gasteiger partial charge in [-0.1, -0.05) is 78.9 Å². The predicted octanol–water partition coefficient (Wildman–Crippen LogP) is 13.1. The number of benzene rings is 5. The summed E-state index contributed by atoms with van der Waals surface area (Å²) in [5.41, 5.74) is -28.5. The first-order valence-corrected chi connectivity index (χ1v) is 20.4. The van der Waals surface area contributed by atoms with Crippen LogP contribution in [0.1, 0.15) is 60.6 Å². The molecular formula is C45H24BClF24N2O.